The molecule has 1 aromatic carbocycles. The zero-order valence-corrected chi connectivity index (χ0v) is 10.4. The predicted octanol–water partition coefficient (Wildman–Crippen LogP) is 2.61. The van der Waals surface area contributed by atoms with Crippen molar-refractivity contribution in [1.82, 2.24) is 0 Å². The van der Waals surface area contributed by atoms with E-state index in [2.05, 4.69) is 30.0 Å². The molecule has 0 saturated heterocycles. The largest absolute Gasteiger partial charge is 0.481 e. The van der Waals surface area contributed by atoms with Crippen molar-refractivity contribution in [2.75, 3.05) is 11.4 Å². The minimum atomic E-state index is -0.725. The van der Waals surface area contributed by atoms with E-state index in [1.165, 1.54) is 16.8 Å². The van der Waals surface area contributed by atoms with Gasteiger partial charge >= 0.3 is 5.97 Å². The van der Waals surface area contributed by atoms with Gasteiger partial charge in [-0.05, 0) is 38.3 Å². The van der Waals surface area contributed by atoms with Gasteiger partial charge in [0.2, 0.25) is 0 Å². The van der Waals surface area contributed by atoms with E-state index in [4.69, 9.17) is 5.11 Å². The third-order valence-corrected chi connectivity index (χ3v) is 3.39. The number of carboxylic acid groups (broad SMARTS) is 1. The molecule has 0 amide bonds. The van der Waals surface area contributed by atoms with Gasteiger partial charge in [0.1, 0.15) is 0 Å². The van der Waals surface area contributed by atoms with Crippen LogP contribution in [0.25, 0.3) is 0 Å². The third-order valence-electron chi connectivity index (χ3n) is 3.39. The summed E-state index contributed by atoms with van der Waals surface area (Å²) in [6.07, 6.45) is 2.42. The molecule has 1 aliphatic heterocycles. The summed E-state index contributed by atoms with van der Waals surface area (Å²) >= 11 is 0. The average molecular weight is 233 g/mol. The molecule has 2 rings (SSSR count). The van der Waals surface area contributed by atoms with Crippen molar-refractivity contribution in [3.8, 4) is 0 Å². The first-order valence-electron chi connectivity index (χ1n) is 6.16. The van der Waals surface area contributed by atoms with Gasteiger partial charge in [-0.25, -0.2) is 0 Å². The number of benzene rings is 1. The Labute approximate surface area is 102 Å². The highest BCUT2D eigenvalue weighted by Gasteiger charge is 2.22. The molecular weight excluding hydrogens is 214 g/mol. The van der Waals surface area contributed by atoms with E-state index in [1.807, 2.05) is 6.92 Å². The molecule has 0 radical (unpaired) electrons. The van der Waals surface area contributed by atoms with E-state index >= 15 is 0 Å². The maximum atomic E-state index is 10.8. The molecule has 92 valence electrons. The quantitative estimate of drug-likeness (QED) is 0.872. The zero-order chi connectivity index (χ0) is 12.4. The fourth-order valence-corrected chi connectivity index (χ4v) is 2.58. The molecule has 1 heterocycles. The number of fused-ring (bicyclic) bond motifs is 1. The van der Waals surface area contributed by atoms with Crippen LogP contribution in [0.2, 0.25) is 0 Å². The highest BCUT2D eigenvalue weighted by Crippen LogP contribution is 2.30. The number of carbonyl (C=O) groups is 1. The zero-order valence-electron chi connectivity index (χ0n) is 10.4. The van der Waals surface area contributed by atoms with Crippen LogP contribution in [0, 0.1) is 6.92 Å². The molecule has 0 spiro atoms. The van der Waals surface area contributed by atoms with Gasteiger partial charge in [0.25, 0.3) is 0 Å². The van der Waals surface area contributed by atoms with Gasteiger partial charge < -0.3 is 10.0 Å². The number of nitrogens with zero attached hydrogens (tertiary/aromatic N) is 1. The topological polar surface area (TPSA) is 40.5 Å². The molecule has 1 unspecified atom stereocenters. The molecule has 0 bridgehead atoms. The molecule has 0 aliphatic carbocycles. The number of carboxylic acids is 1. The molecule has 17 heavy (non-hydrogen) atoms. The van der Waals surface area contributed by atoms with Crippen LogP contribution in [0.15, 0.2) is 18.2 Å². The summed E-state index contributed by atoms with van der Waals surface area (Å²) in [5, 5.41) is 8.88. The lowest BCUT2D eigenvalue weighted by Gasteiger charge is -2.36. The SMILES string of the molecule is Cc1ccc2c(c1)CCCN2C(C)CC(=O)O. The van der Waals surface area contributed by atoms with Crippen molar-refractivity contribution in [2.45, 2.75) is 39.2 Å². The highest BCUT2D eigenvalue weighted by molar-refractivity contribution is 5.69. The normalized spacial score (nSPS) is 16.5. The van der Waals surface area contributed by atoms with E-state index in [9.17, 15) is 4.79 Å². The molecule has 1 atom stereocenters. The Hall–Kier alpha value is -1.51. The first-order chi connectivity index (χ1) is 8.08. The van der Waals surface area contributed by atoms with E-state index in [-0.39, 0.29) is 12.5 Å². The number of aryl methyl sites for hydroxylation is 2. The third kappa shape index (κ3) is 2.60. The van der Waals surface area contributed by atoms with Crippen molar-refractivity contribution in [3.63, 3.8) is 0 Å². The minimum Gasteiger partial charge on any atom is -0.481 e. The smallest absolute Gasteiger partial charge is 0.305 e. The number of hydrogen-bond donors (Lipinski definition) is 1. The van der Waals surface area contributed by atoms with Crippen molar-refractivity contribution in [2.24, 2.45) is 0 Å². The lowest BCUT2D eigenvalue weighted by atomic mass is 9.98. The monoisotopic (exact) mass is 233 g/mol. The van der Waals surface area contributed by atoms with E-state index in [0.29, 0.717) is 0 Å². The Bertz CT molecular complexity index is 428. The minimum absolute atomic E-state index is 0.0641. The van der Waals surface area contributed by atoms with Gasteiger partial charge in [0.15, 0.2) is 0 Å². The molecule has 3 heteroatoms. The Morgan fingerprint density at radius 2 is 2.29 bits per heavy atom. The number of hydrogen-bond acceptors (Lipinski definition) is 2. The predicted molar refractivity (Wildman–Crippen MR) is 68.6 cm³/mol. The Kier molecular flexibility index (Phi) is 3.36. The summed E-state index contributed by atoms with van der Waals surface area (Å²) in [6.45, 7) is 5.05. The molecule has 0 fully saturated rings. The van der Waals surface area contributed by atoms with Crippen molar-refractivity contribution in [1.29, 1.82) is 0 Å². The molecule has 3 nitrogen and oxygen atoms in total. The standard InChI is InChI=1S/C14H19NO2/c1-10-5-6-13-12(8-10)4-3-7-15(13)11(2)9-14(16)17/h5-6,8,11H,3-4,7,9H2,1-2H3,(H,16,17). The lowest BCUT2D eigenvalue weighted by Crippen LogP contribution is -2.38. The van der Waals surface area contributed by atoms with Crippen molar-refractivity contribution < 1.29 is 9.90 Å². The van der Waals surface area contributed by atoms with Crippen LogP contribution in [0.4, 0.5) is 5.69 Å². The molecule has 0 aromatic heterocycles. The summed E-state index contributed by atoms with van der Waals surface area (Å²) in [4.78, 5) is 13.0. The van der Waals surface area contributed by atoms with Crippen LogP contribution in [0.1, 0.15) is 30.9 Å². The van der Waals surface area contributed by atoms with Gasteiger partial charge in [0.05, 0.1) is 6.42 Å². The van der Waals surface area contributed by atoms with Gasteiger partial charge in [-0.3, -0.25) is 4.79 Å². The van der Waals surface area contributed by atoms with Crippen LogP contribution < -0.4 is 4.90 Å². The van der Waals surface area contributed by atoms with Crippen LogP contribution in [0.5, 0.6) is 0 Å². The average Bonchev–Trinajstić information content (AvgIpc) is 2.26. The number of aliphatic carboxylic acids is 1. The van der Waals surface area contributed by atoms with E-state index in [0.717, 1.165) is 19.4 Å². The summed E-state index contributed by atoms with van der Waals surface area (Å²) in [5.74, 6) is -0.725. The molecule has 1 N–H and O–H groups in total. The lowest BCUT2D eigenvalue weighted by molar-refractivity contribution is -0.137. The van der Waals surface area contributed by atoms with E-state index in [1.54, 1.807) is 0 Å². The first kappa shape index (κ1) is 12.0. The second-order valence-electron chi connectivity index (χ2n) is 4.88. The van der Waals surface area contributed by atoms with Crippen LogP contribution in [-0.2, 0) is 11.2 Å². The van der Waals surface area contributed by atoms with Gasteiger partial charge in [-0.2, -0.15) is 0 Å². The summed E-state index contributed by atoms with van der Waals surface area (Å²) in [7, 11) is 0. The van der Waals surface area contributed by atoms with Crippen molar-refractivity contribution >= 4 is 11.7 Å². The van der Waals surface area contributed by atoms with E-state index < -0.39 is 5.97 Å². The number of rotatable bonds is 3. The molecule has 1 aromatic rings. The highest BCUT2D eigenvalue weighted by atomic mass is 16.4. The Morgan fingerprint density at radius 3 is 3.00 bits per heavy atom. The molecular formula is C14H19NO2. The van der Waals surface area contributed by atoms with Crippen LogP contribution in [0.3, 0.4) is 0 Å². The summed E-state index contributed by atoms with van der Waals surface area (Å²) in [6, 6.07) is 6.51. The van der Waals surface area contributed by atoms with Gasteiger partial charge in [-0.1, -0.05) is 17.7 Å². The second kappa shape index (κ2) is 4.78. The summed E-state index contributed by atoms with van der Waals surface area (Å²) < 4.78 is 0. The van der Waals surface area contributed by atoms with Gasteiger partial charge in [0, 0.05) is 18.3 Å². The van der Waals surface area contributed by atoms with Gasteiger partial charge in [-0.15, -0.1) is 0 Å². The maximum Gasteiger partial charge on any atom is 0.305 e. The fraction of sp³-hybridized carbons (Fsp3) is 0.500. The Morgan fingerprint density at radius 1 is 1.53 bits per heavy atom. The first-order valence-corrected chi connectivity index (χ1v) is 6.16. The molecule has 0 saturated carbocycles. The summed E-state index contributed by atoms with van der Waals surface area (Å²) in [5.41, 5.74) is 3.85. The Balaban J connectivity index is 2.25. The number of anilines is 1. The fourth-order valence-electron chi connectivity index (χ4n) is 2.58. The molecule has 1 aliphatic rings. The maximum absolute atomic E-state index is 10.8. The second-order valence-corrected chi connectivity index (χ2v) is 4.88. The van der Waals surface area contributed by atoms with Crippen LogP contribution >= 0.6 is 0 Å². The van der Waals surface area contributed by atoms with Crippen LogP contribution in [-0.4, -0.2) is 23.7 Å². The van der Waals surface area contributed by atoms with Crippen molar-refractivity contribution in [3.05, 3.63) is 29.3 Å².